The maximum Gasteiger partial charge on any atom is 0.190 e. The topological polar surface area (TPSA) is 42.0 Å². The first-order chi connectivity index (χ1) is 11.8. The number of fused-ring (bicyclic) bond motifs is 1. The highest BCUT2D eigenvalue weighted by Crippen LogP contribution is 2.29. The van der Waals surface area contributed by atoms with Crippen LogP contribution in [0.3, 0.4) is 0 Å². The molecule has 0 saturated carbocycles. The fourth-order valence-corrected chi connectivity index (χ4v) is 3.60. The van der Waals surface area contributed by atoms with Gasteiger partial charge in [0, 0.05) is 16.7 Å². The lowest BCUT2D eigenvalue weighted by molar-refractivity contribution is 0.103. The summed E-state index contributed by atoms with van der Waals surface area (Å²) in [4.78, 5) is 17.7. The molecule has 3 rings (SSSR count). The van der Waals surface area contributed by atoms with Gasteiger partial charge in [-0.3, -0.25) is 4.79 Å². The molecule has 25 heavy (non-hydrogen) atoms. The van der Waals surface area contributed by atoms with Crippen LogP contribution in [0.5, 0.6) is 0 Å². The summed E-state index contributed by atoms with van der Waals surface area (Å²) in [5, 5.41) is 4.34. The van der Waals surface area contributed by atoms with Gasteiger partial charge >= 0.3 is 0 Å². The zero-order chi connectivity index (χ0) is 18.0. The second kappa shape index (κ2) is 6.81. The van der Waals surface area contributed by atoms with Crippen LogP contribution in [0.4, 0.5) is 0 Å². The normalized spacial score (nSPS) is 12.8. The summed E-state index contributed by atoms with van der Waals surface area (Å²) in [6.45, 7) is 8.12. The molecular weight excluding hydrogens is 328 g/mol. The van der Waals surface area contributed by atoms with Gasteiger partial charge in [-0.05, 0) is 39.8 Å². The van der Waals surface area contributed by atoms with Gasteiger partial charge in [0.25, 0.3) is 0 Å². The molecule has 0 radical (unpaired) electrons. The lowest BCUT2D eigenvalue weighted by Gasteiger charge is -2.24. The van der Waals surface area contributed by atoms with Crippen molar-refractivity contribution in [2.75, 3.05) is 0 Å². The zero-order valence-corrected chi connectivity index (χ0v) is 15.8. The fraction of sp³-hybridized carbons (Fsp3) is 0.238. The number of rotatable bonds is 4. The monoisotopic (exact) mass is 350 g/mol. The standard InChI is InChI=1S/C21H22N2OS/c1-14(19(24)15-10-6-5-7-11-15)18(23-21(2,3)4)20-22-16-12-8-9-13-17(16)25-20/h5-13,23H,1-4H3/b18-14+. The van der Waals surface area contributed by atoms with E-state index in [-0.39, 0.29) is 11.3 Å². The highest BCUT2D eigenvalue weighted by atomic mass is 32.1. The molecule has 0 spiro atoms. The van der Waals surface area contributed by atoms with Crippen LogP contribution in [0.2, 0.25) is 0 Å². The number of Topliss-reactive ketones (excluding diaryl/α,β-unsaturated/α-hetero) is 1. The molecule has 3 aromatic rings. The van der Waals surface area contributed by atoms with E-state index in [1.165, 1.54) is 0 Å². The number of benzene rings is 2. The van der Waals surface area contributed by atoms with Crippen molar-refractivity contribution in [3.63, 3.8) is 0 Å². The molecule has 0 unspecified atom stereocenters. The van der Waals surface area contributed by atoms with Crippen LogP contribution in [0, 0.1) is 0 Å². The van der Waals surface area contributed by atoms with E-state index in [1.807, 2.05) is 55.5 Å². The molecule has 0 aliphatic carbocycles. The minimum absolute atomic E-state index is 0.0200. The summed E-state index contributed by atoms with van der Waals surface area (Å²) in [5.74, 6) is 0.0200. The van der Waals surface area contributed by atoms with Crippen LogP contribution in [0.25, 0.3) is 15.9 Å². The minimum atomic E-state index is -0.175. The smallest absolute Gasteiger partial charge is 0.190 e. The molecule has 0 saturated heterocycles. The third-order valence-electron chi connectivity index (χ3n) is 3.76. The summed E-state index contributed by atoms with van der Waals surface area (Å²) < 4.78 is 1.12. The number of nitrogens with zero attached hydrogens (tertiary/aromatic N) is 1. The van der Waals surface area contributed by atoms with Gasteiger partial charge in [0.1, 0.15) is 5.01 Å². The van der Waals surface area contributed by atoms with Crippen molar-refractivity contribution in [1.29, 1.82) is 0 Å². The van der Waals surface area contributed by atoms with Gasteiger partial charge < -0.3 is 5.32 Å². The van der Waals surface area contributed by atoms with Gasteiger partial charge in [-0.2, -0.15) is 0 Å². The lowest BCUT2D eigenvalue weighted by Crippen LogP contribution is -2.35. The van der Waals surface area contributed by atoms with Gasteiger partial charge in [0.2, 0.25) is 0 Å². The van der Waals surface area contributed by atoms with Crippen molar-refractivity contribution in [3.05, 3.63) is 70.7 Å². The number of thiazole rings is 1. The van der Waals surface area contributed by atoms with E-state index in [1.54, 1.807) is 11.3 Å². The number of carbonyl (C=O) groups is 1. The molecule has 0 aliphatic heterocycles. The van der Waals surface area contributed by atoms with E-state index >= 15 is 0 Å². The Morgan fingerprint density at radius 2 is 1.64 bits per heavy atom. The molecule has 0 atom stereocenters. The number of nitrogens with one attached hydrogen (secondary N) is 1. The molecular formula is C21H22N2OS. The zero-order valence-electron chi connectivity index (χ0n) is 15.0. The van der Waals surface area contributed by atoms with Gasteiger partial charge in [-0.1, -0.05) is 42.5 Å². The van der Waals surface area contributed by atoms with Gasteiger partial charge in [0.05, 0.1) is 15.9 Å². The van der Waals surface area contributed by atoms with Crippen LogP contribution in [0.1, 0.15) is 43.1 Å². The van der Waals surface area contributed by atoms with Crippen LogP contribution < -0.4 is 5.32 Å². The third kappa shape index (κ3) is 3.97. The van der Waals surface area contributed by atoms with Crippen molar-refractivity contribution >= 4 is 33.0 Å². The van der Waals surface area contributed by atoms with Crippen molar-refractivity contribution in [1.82, 2.24) is 10.3 Å². The number of hydrogen-bond acceptors (Lipinski definition) is 4. The Bertz CT molecular complexity index is 900. The van der Waals surface area contributed by atoms with E-state index in [2.05, 4.69) is 32.2 Å². The molecule has 3 nitrogen and oxygen atoms in total. The Hall–Kier alpha value is -2.46. The average Bonchev–Trinajstić information content (AvgIpc) is 3.02. The number of hydrogen-bond donors (Lipinski definition) is 1. The molecule has 1 N–H and O–H groups in total. The predicted octanol–water partition coefficient (Wildman–Crippen LogP) is 5.30. The van der Waals surface area contributed by atoms with Gasteiger partial charge in [-0.15, -0.1) is 11.3 Å². The summed E-state index contributed by atoms with van der Waals surface area (Å²) in [5.41, 5.74) is 2.96. The first-order valence-corrected chi connectivity index (χ1v) is 9.11. The minimum Gasteiger partial charge on any atom is -0.378 e. The largest absolute Gasteiger partial charge is 0.378 e. The van der Waals surface area contributed by atoms with Gasteiger partial charge in [-0.25, -0.2) is 4.98 Å². The maximum atomic E-state index is 12.9. The van der Waals surface area contributed by atoms with Crippen LogP contribution in [0.15, 0.2) is 60.2 Å². The quantitative estimate of drug-likeness (QED) is 0.513. The van der Waals surface area contributed by atoms with Crippen molar-refractivity contribution in [2.24, 2.45) is 0 Å². The van der Waals surface area contributed by atoms with E-state index in [0.29, 0.717) is 11.1 Å². The summed E-state index contributed by atoms with van der Waals surface area (Å²) in [6, 6.07) is 17.4. The molecule has 0 amide bonds. The SMILES string of the molecule is C/C(C(=O)c1ccccc1)=C(\NC(C)(C)C)c1nc2ccccc2s1. The number of carbonyl (C=O) groups excluding carboxylic acids is 1. The molecule has 128 valence electrons. The van der Waals surface area contributed by atoms with Crippen LogP contribution >= 0.6 is 11.3 Å². The Labute approximate surface area is 152 Å². The van der Waals surface area contributed by atoms with E-state index in [0.717, 1.165) is 20.9 Å². The first kappa shape index (κ1) is 17.4. The van der Waals surface area contributed by atoms with E-state index in [9.17, 15) is 4.79 Å². The van der Waals surface area contributed by atoms with Crippen LogP contribution in [-0.2, 0) is 0 Å². The number of allylic oxidation sites excluding steroid dienone is 1. The molecule has 0 bridgehead atoms. The Morgan fingerprint density at radius 3 is 2.28 bits per heavy atom. The van der Waals surface area contributed by atoms with Crippen molar-refractivity contribution in [2.45, 2.75) is 33.2 Å². The molecule has 1 aromatic heterocycles. The molecule has 4 heteroatoms. The Morgan fingerprint density at radius 1 is 1.00 bits per heavy atom. The summed E-state index contributed by atoms with van der Waals surface area (Å²) in [7, 11) is 0. The second-order valence-corrected chi connectivity index (χ2v) is 8.09. The predicted molar refractivity (Wildman–Crippen MR) is 106 cm³/mol. The maximum absolute atomic E-state index is 12.9. The lowest BCUT2D eigenvalue weighted by atomic mass is 10.0. The highest BCUT2D eigenvalue weighted by molar-refractivity contribution is 7.19. The second-order valence-electron chi connectivity index (χ2n) is 7.06. The third-order valence-corrected chi connectivity index (χ3v) is 4.81. The van der Waals surface area contributed by atoms with E-state index in [4.69, 9.17) is 4.98 Å². The number of aromatic nitrogens is 1. The Balaban J connectivity index is 2.12. The highest BCUT2D eigenvalue weighted by Gasteiger charge is 2.21. The van der Waals surface area contributed by atoms with Crippen molar-refractivity contribution in [3.8, 4) is 0 Å². The Kier molecular flexibility index (Phi) is 4.73. The molecule has 0 aliphatic rings. The molecule has 1 heterocycles. The molecule has 2 aromatic carbocycles. The summed E-state index contributed by atoms with van der Waals surface area (Å²) >= 11 is 1.60. The number of ketones is 1. The van der Waals surface area contributed by atoms with Crippen LogP contribution in [-0.4, -0.2) is 16.3 Å². The van der Waals surface area contributed by atoms with Gasteiger partial charge in [0.15, 0.2) is 5.78 Å². The number of para-hydroxylation sites is 1. The average molecular weight is 350 g/mol. The first-order valence-electron chi connectivity index (χ1n) is 8.30. The summed E-state index contributed by atoms with van der Waals surface area (Å²) in [6.07, 6.45) is 0. The van der Waals surface area contributed by atoms with E-state index < -0.39 is 0 Å². The fourth-order valence-electron chi connectivity index (χ4n) is 2.58. The van der Waals surface area contributed by atoms with Crippen molar-refractivity contribution < 1.29 is 4.79 Å². The molecule has 0 fully saturated rings.